The highest BCUT2D eigenvalue weighted by Crippen LogP contribution is 2.36. The number of nitrogen functional groups attached to an aromatic ring is 1. The normalized spacial score (nSPS) is 10.6. The summed E-state index contributed by atoms with van der Waals surface area (Å²) in [5, 5.41) is 1.03. The molecule has 1 aromatic heterocycles. The highest BCUT2D eigenvalue weighted by molar-refractivity contribution is 6.33. The lowest BCUT2D eigenvalue weighted by Crippen LogP contribution is -2.07. The quantitative estimate of drug-likeness (QED) is 0.302. The molecule has 30 heavy (non-hydrogen) atoms. The third kappa shape index (κ3) is 5.21. The van der Waals surface area contributed by atoms with E-state index in [1.807, 2.05) is 0 Å². The number of esters is 1. The van der Waals surface area contributed by atoms with Gasteiger partial charge in [0.25, 0.3) is 0 Å². The van der Waals surface area contributed by atoms with E-state index in [2.05, 4.69) is 9.97 Å². The van der Waals surface area contributed by atoms with E-state index in [4.69, 9.17) is 36.3 Å². The number of fused-ring (bicyclic) bond motifs is 1. The Labute approximate surface area is 178 Å². The van der Waals surface area contributed by atoms with E-state index in [-0.39, 0.29) is 12.4 Å². The predicted octanol–water partition coefficient (Wildman–Crippen LogP) is 4.39. The van der Waals surface area contributed by atoms with Crippen LogP contribution in [0.25, 0.3) is 10.9 Å². The van der Waals surface area contributed by atoms with Crippen LogP contribution < -0.4 is 19.9 Å². The van der Waals surface area contributed by atoms with E-state index in [1.54, 1.807) is 37.3 Å². The topological polar surface area (TPSA) is 106 Å². The number of methoxy groups -OCH3 is 1. The maximum absolute atomic E-state index is 11.4. The SMILES string of the molecule is CCOC(=O)CCCOc1cc2ncnc(Oc3ccc(N)c(Cl)c3)c2cc1OC. The van der Waals surface area contributed by atoms with Crippen molar-refractivity contribution >= 4 is 34.2 Å². The number of nitrogens with zero attached hydrogens (tertiary/aromatic N) is 2. The van der Waals surface area contributed by atoms with E-state index < -0.39 is 0 Å². The Morgan fingerprint density at radius 1 is 1.17 bits per heavy atom. The lowest BCUT2D eigenvalue weighted by Gasteiger charge is -2.13. The van der Waals surface area contributed by atoms with Crippen molar-refractivity contribution in [3.8, 4) is 23.1 Å². The second-order valence-electron chi connectivity index (χ2n) is 6.24. The lowest BCUT2D eigenvalue weighted by atomic mass is 10.2. The first-order valence-corrected chi connectivity index (χ1v) is 9.73. The van der Waals surface area contributed by atoms with Crippen molar-refractivity contribution < 1.29 is 23.7 Å². The molecule has 0 aliphatic carbocycles. The molecule has 0 saturated carbocycles. The fourth-order valence-corrected chi connectivity index (χ4v) is 2.88. The summed E-state index contributed by atoms with van der Waals surface area (Å²) in [4.78, 5) is 19.9. The molecule has 1 heterocycles. The second kappa shape index (κ2) is 9.98. The summed E-state index contributed by atoms with van der Waals surface area (Å²) in [6.07, 6.45) is 2.21. The molecule has 0 unspecified atom stereocenters. The number of carbonyl (C=O) groups is 1. The van der Waals surface area contributed by atoms with Gasteiger partial charge in [-0.2, -0.15) is 0 Å². The third-order valence-corrected chi connectivity index (χ3v) is 4.49. The minimum atomic E-state index is -0.246. The number of hydrogen-bond donors (Lipinski definition) is 1. The largest absolute Gasteiger partial charge is 0.493 e. The van der Waals surface area contributed by atoms with Crippen molar-refractivity contribution in [2.24, 2.45) is 0 Å². The van der Waals surface area contributed by atoms with Gasteiger partial charge in [-0.1, -0.05) is 11.6 Å². The highest BCUT2D eigenvalue weighted by atomic mass is 35.5. The molecule has 0 amide bonds. The third-order valence-electron chi connectivity index (χ3n) is 4.16. The lowest BCUT2D eigenvalue weighted by molar-refractivity contribution is -0.143. The maximum Gasteiger partial charge on any atom is 0.305 e. The summed E-state index contributed by atoms with van der Waals surface area (Å²) in [5.41, 5.74) is 6.81. The molecule has 158 valence electrons. The van der Waals surface area contributed by atoms with Crippen LogP contribution in [-0.4, -0.2) is 36.3 Å². The Morgan fingerprint density at radius 3 is 2.73 bits per heavy atom. The molecular formula is C21H22ClN3O5. The zero-order chi connectivity index (χ0) is 21.5. The number of ether oxygens (including phenoxy) is 4. The van der Waals surface area contributed by atoms with E-state index >= 15 is 0 Å². The average molecular weight is 432 g/mol. The van der Waals surface area contributed by atoms with Gasteiger partial charge in [-0.05, 0) is 31.5 Å². The first-order chi connectivity index (χ1) is 14.5. The molecule has 9 heteroatoms. The number of carbonyl (C=O) groups excluding carboxylic acids is 1. The molecule has 0 saturated heterocycles. The van der Waals surface area contributed by atoms with Crippen LogP contribution in [0.2, 0.25) is 5.02 Å². The summed E-state index contributed by atoms with van der Waals surface area (Å²) < 4.78 is 22.0. The number of nitrogens with two attached hydrogens (primary N) is 1. The first kappa shape index (κ1) is 21.4. The molecule has 0 atom stereocenters. The van der Waals surface area contributed by atoms with Crippen LogP contribution in [0.5, 0.6) is 23.1 Å². The van der Waals surface area contributed by atoms with Gasteiger partial charge in [-0.15, -0.1) is 0 Å². The smallest absolute Gasteiger partial charge is 0.305 e. The van der Waals surface area contributed by atoms with Crippen molar-refractivity contribution in [3.63, 3.8) is 0 Å². The number of anilines is 1. The Bertz CT molecular complexity index is 1040. The molecule has 0 radical (unpaired) electrons. The van der Waals surface area contributed by atoms with E-state index in [0.717, 1.165) is 0 Å². The van der Waals surface area contributed by atoms with Crippen LogP contribution in [0.4, 0.5) is 5.69 Å². The van der Waals surface area contributed by atoms with Gasteiger partial charge in [0.1, 0.15) is 12.1 Å². The Morgan fingerprint density at radius 2 is 2.00 bits per heavy atom. The van der Waals surface area contributed by atoms with Gasteiger partial charge in [0, 0.05) is 18.6 Å². The second-order valence-corrected chi connectivity index (χ2v) is 6.65. The molecule has 3 aromatic rings. The Hall–Kier alpha value is -3.26. The minimum Gasteiger partial charge on any atom is -0.493 e. The predicted molar refractivity (Wildman–Crippen MR) is 113 cm³/mol. The van der Waals surface area contributed by atoms with Gasteiger partial charge in [-0.25, -0.2) is 9.97 Å². The van der Waals surface area contributed by atoms with Gasteiger partial charge in [0.15, 0.2) is 11.5 Å². The molecule has 0 aliphatic rings. The van der Waals surface area contributed by atoms with Crippen molar-refractivity contribution in [1.29, 1.82) is 0 Å². The van der Waals surface area contributed by atoms with E-state index in [0.29, 0.717) is 64.4 Å². The van der Waals surface area contributed by atoms with Gasteiger partial charge in [-0.3, -0.25) is 4.79 Å². The van der Waals surface area contributed by atoms with Crippen LogP contribution in [0.1, 0.15) is 19.8 Å². The van der Waals surface area contributed by atoms with Crippen molar-refractivity contribution in [3.05, 3.63) is 41.7 Å². The van der Waals surface area contributed by atoms with Crippen LogP contribution in [0, 0.1) is 0 Å². The van der Waals surface area contributed by atoms with Gasteiger partial charge >= 0.3 is 5.97 Å². The number of rotatable bonds is 9. The van der Waals surface area contributed by atoms with Crippen LogP contribution in [0.3, 0.4) is 0 Å². The summed E-state index contributed by atoms with van der Waals surface area (Å²) >= 11 is 6.06. The minimum absolute atomic E-state index is 0.246. The van der Waals surface area contributed by atoms with Crippen molar-refractivity contribution in [2.75, 3.05) is 26.1 Å². The van der Waals surface area contributed by atoms with Crippen LogP contribution >= 0.6 is 11.6 Å². The number of benzene rings is 2. The van der Waals surface area contributed by atoms with Crippen LogP contribution in [-0.2, 0) is 9.53 Å². The van der Waals surface area contributed by atoms with Crippen LogP contribution in [0.15, 0.2) is 36.7 Å². The maximum atomic E-state index is 11.4. The Kier molecular flexibility index (Phi) is 7.13. The summed E-state index contributed by atoms with van der Waals surface area (Å²) in [6.45, 7) is 2.47. The van der Waals surface area contributed by atoms with E-state index in [9.17, 15) is 4.79 Å². The number of halogens is 1. The molecule has 0 bridgehead atoms. The summed E-state index contributed by atoms with van der Waals surface area (Å²) in [6, 6.07) is 8.45. The molecule has 3 rings (SSSR count). The number of hydrogen-bond acceptors (Lipinski definition) is 8. The van der Waals surface area contributed by atoms with Gasteiger partial charge < -0.3 is 24.7 Å². The fraction of sp³-hybridized carbons (Fsp3) is 0.286. The zero-order valence-electron chi connectivity index (χ0n) is 16.7. The molecule has 0 aliphatic heterocycles. The molecule has 0 spiro atoms. The summed E-state index contributed by atoms with van der Waals surface area (Å²) in [7, 11) is 1.54. The zero-order valence-corrected chi connectivity index (χ0v) is 17.4. The molecule has 2 N–H and O–H groups in total. The van der Waals surface area contributed by atoms with Crippen molar-refractivity contribution in [1.82, 2.24) is 9.97 Å². The molecule has 2 aromatic carbocycles. The van der Waals surface area contributed by atoms with E-state index in [1.165, 1.54) is 13.4 Å². The highest BCUT2D eigenvalue weighted by Gasteiger charge is 2.14. The first-order valence-electron chi connectivity index (χ1n) is 9.36. The molecule has 0 fully saturated rings. The monoisotopic (exact) mass is 431 g/mol. The number of aromatic nitrogens is 2. The standard InChI is InChI=1S/C21H22ClN3O5/c1-3-28-20(26)5-4-8-29-19-11-17-14(10-18(19)27-2)21(25-12-24-17)30-13-6-7-16(23)15(22)9-13/h6-7,9-12H,3-5,8,23H2,1-2H3. The molecule has 8 nitrogen and oxygen atoms in total. The van der Waals surface area contributed by atoms with Gasteiger partial charge in [0.05, 0.1) is 41.9 Å². The fourth-order valence-electron chi connectivity index (χ4n) is 2.71. The average Bonchev–Trinajstić information content (AvgIpc) is 2.73. The summed E-state index contributed by atoms with van der Waals surface area (Å²) in [5.74, 6) is 1.59. The van der Waals surface area contributed by atoms with Gasteiger partial charge in [0.2, 0.25) is 5.88 Å². The molecular weight excluding hydrogens is 410 g/mol. The van der Waals surface area contributed by atoms with Crippen molar-refractivity contribution in [2.45, 2.75) is 19.8 Å². The Balaban J connectivity index is 1.79.